The van der Waals surface area contributed by atoms with Crippen molar-refractivity contribution in [2.45, 2.75) is 52.5 Å². The third kappa shape index (κ3) is 6.70. The highest BCUT2D eigenvalue weighted by Crippen LogP contribution is 2.36. The Bertz CT molecular complexity index is 410. The van der Waals surface area contributed by atoms with Gasteiger partial charge in [-0.1, -0.05) is 32.6 Å². The van der Waals surface area contributed by atoms with Gasteiger partial charge in [-0.2, -0.15) is 0 Å². The molecule has 0 aliphatic heterocycles. The van der Waals surface area contributed by atoms with E-state index in [9.17, 15) is 0 Å². The molecule has 0 amide bonds. The number of hydrogen-bond donors (Lipinski definition) is 1. The molecule has 0 saturated heterocycles. The van der Waals surface area contributed by atoms with Crippen molar-refractivity contribution in [3.05, 3.63) is 22.2 Å². The highest BCUT2D eigenvalue weighted by Gasteiger charge is 2.10. The maximum absolute atomic E-state index is 5.60. The van der Waals surface area contributed by atoms with E-state index in [1.165, 1.54) is 37.7 Å². The molecule has 1 rings (SSSR count). The number of rotatable bonds is 11. The first-order valence-electron chi connectivity index (χ1n) is 7.92. The predicted molar refractivity (Wildman–Crippen MR) is 92.3 cm³/mol. The van der Waals surface area contributed by atoms with Gasteiger partial charge in [-0.15, -0.1) is 0 Å². The zero-order valence-corrected chi connectivity index (χ0v) is 15.1. The van der Waals surface area contributed by atoms with E-state index in [4.69, 9.17) is 9.47 Å². The SMILES string of the molecule is CCCCCCCNCc1cc(Br)c(OCC)c(OC)c1. The summed E-state index contributed by atoms with van der Waals surface area (Å²) in [5.74, 6) is 1.56. The van der Waals surface area contributed by atoms with Crippen LogP contribution in [0, 0.1) is 0 Å². The predicted octanol–water partition coefficient (Wildman–Crippen LogP) is 4.92. The largest absolute Gasteiger partial charge is 0.493 e. The Morgan fingerprint density at radius 3 is 2.52 bits per heavy atom. The summed E-state index contributed by atoms with van der Waals surface area (Å²) in [6.45, 7) is 6.77. The minimum atomic E-state index is 0.629. The van der Waals surface area contributed by atoms with Gasteiger partial charge in [0.15, 0.2) is 11.5 Å². The lowest BCUT2D eigenvalue weighted by atomic mass is 10.1. The summed E-state index contributed by atoms with van der Waals surface area (Å²) < 4.78 is 12.0. The van der Waals surface area contributed by atoms with E-state index in [1.807, 2.05) is 13.0 Å². The molecule has 1 aromatic carbocycles. The van der Waals surface area contributed by atoms with Crippen LogP contribution in [0.4, 0.5) is 0 Å². The lowest BCUT2D eigenvalue weighted by Gasteiger charge is -2.13. The molecule has 0 atom stereocenters. The third-order valence-electron chi connectivity index (χ3n) is 3.36. The second-order valence-electron chi connectivity index (χ2n) is 5.13. The summed E-state index contributed by atoms with van der Waals surface area (Å²) in [4.78, 5) is 0. The Hall–Kier alpha value is -0.740. The van der Waals surface area contributed by atoms with Crippen LogP contribution in [0.5, 0.6) is 11.5 Å². The van der Waals surface area contributed by atoms with Crippen LogP contribution in [0.3, 0.4) is 0 Å². The highest BCUT2D eigenvalue weighted by atomic mass is 79.9. The number of hydrogen-bond acceptors (Lipinski definition) is 3. The molecule has 0 aliphatic rings. The molecule has 0 aromatic heterocycles. The molecular formula is C17H28BrNO2. The summed E-state index contributed by atoms with van der Waals surface area (Å²) in [6, 6.07) is 4.14. The van der Waals surface area contributed by atoms with Gasteiger partial charge in [-0.25, -0.2) is 0 Å². The number of nitrogens with one attached hydrogen (secondary N) is 1. The molecule has 4 heteroatoms. The zero-order valence-electron chi connectivity index (χ0n) is 13.5. The number of halogens is 1. The van der Waals surface area contributed by atoms with Crippen molar-refractivity contribution in [2.75, 3.05) is 20.3 Å². The van der Waals surface area contributed by atoms with Gasteiger partial charge in [0.25, 0.3) is 0 Å². The zero-order chi connectivity index (χ0) is 15.5. The average molecular weight is 358 g/mol. The van der Waals surface area contributed by atoms with Crippen molar-refractivity contribution in [3.8, 4) is 11.5 Å². The normalized spacial score (nSPS) is 10.7. The topological polar surface area (TPSA) is 30.5 Å². The van der Waals surface area contributed by atoms with Gasteiger partial charge >= 0.3 is 0 Å². The van der Waals surface area contributed by atoms with Crippen molar-refractivity contribution in [1.82, 2.24) is 5.32 Å². The van der Waals surface area contributed by atoms with Crippen molar-refractivity contribution >= 4 is 15.9 Å². The van der Waals surface area contributed by atoms with E-state index >= 15 is 0 Å². The second-order valence-corrected chi connectivity index (χ2v) is 5.99. The Labute approximate surface area is 137 Å². The molecule has 1 N–H and O–H groups in total. The quantitative estimate of drug-likeness (QED) is 0.570. The molecule has 0 heterocycles. The van der Waals surface area contributed by atoms with Crippen LogP contribution in [0.25, 0.3) is 0 Å². The minimum absolute atomic E-state index is 0.629. The third-order valence-corrected chi connectivity index (χ3v) is 3.95. The molecule has 3 nitrogen and oxygen atoms in total. The second kappa shape index (κ2) is 10.9. The van der Waals surface area contributed by atoms with Gasteiger partial charge < -0.3 is 14.8 Å². The molecule has 0 spiro atoms. The lowest BCUT2D eigenvalue weighted by molar-refractivity contribution is 0.308. The number of unbranched alkanes of at least 4 members (excludes halogenated alkanes) is 4. The molecule has 21 heavy (non-hydrogen) atoms. The fraction of sp³-hybridized carbons (Fsp3) is 0.647. The van der Waals surface area contributed by atoms with E-state index in [-0.39, 0.29) is 0 Å². The molecule has 0 aliphatic carbocycles. The minimum Gasteiger partial charge on any atom is -0.493 e. The Kier molecular flexibility index (Phi) is 9.51. The van der Waals surface area contributed by atoms with Gasteiger partial charge in [-0.05, 0) is 53.5 Å². The summed E-state index contributed by atoms with van der Waals surface area (Å²) in [5.41, 5.74) is 1.20. The van der Waals surface area contributed by atoms with Gasteiger partial charge in [-0.3, -0.25) is 0 Å². The van der Waals surface area contributed by atoms with E-state index in [0.29, 0.717) is 6.61 Å². The molecular weight excluding hydrogens is 330 g/mol. The number of benzene rings is 1. The molecule has 0 bridgehead atoms. The van der Waals surface area contributed by atoms with Crippen LogP contribution < -0.4 is 14.8 Å². The lowest BCUT2D eigenvalue weighted by Crippen LogP contribution is -2.14. The highest BCUT2D eigenvalue weighted by molar-refractivity contribution is 9.10. The average Bonchev–Trinajstić information content (AvgIpc) is 2.48. The van der Waals surface area contributed by atoms with Gasteiger partial charge in [0.05, 0.1) is 18.2 Å². The maximum Gasteiger partial charge on any atom is 0.175 e. The first kappa shape index (κ1) is 18.3. The fourth-order valence-electron chi connectivity index (χ4n) is 2.25. The summed E-state index contributed by atoms with van der Waals surface area (Å²) in [5, 5.41) is 3.49. The number of ether oxygens (including phenoxy) is 2. The Balaban J connectivity index is 2.43. The van der Waals surface area contributed by atoms with Crippen molar-refractivity contribution in [2.24, 2.45) is 0 Å². The smallest absolute Gasteiger partial charge is 0.175 e. The van der Waals surface area contributed by atoms with Crippen molar-refractivity contribution in [3.63, 3.8) is 0 Å². The van der Waals surface area contributed by atoms with Gasteiger partial charge in [0.1, 0.15) is 0 Å². The van der Waals surface area contributed by atoms with E-state index in [2.05, 4.69) is 34.2 Å². The van der Waals surface area contributed by atoms with Crippen molar-refractivity contribution in [1.29, 1.82) is 0 Å². The van der Waals surface area contributed by atoms with Crippen LogP contribution in [-0.4, -0.2) is 20.3 Å². The Morgan fingerprint density at radius 1 is 1.10 bits per heavy atom. The molecule has 0 unspecified atom stereocenters. The van der Waals surface area contributed by atoms with Crippen LogP contribution in [-0.2, 0) is 6.54 Å². The van der Waals surface area contributed by atoms with E-state index < -0.39 is 0 Å². The van der Waals surface area contributed by atoms with Gasteiger partial charge in [0.2, 0.25) is 0 Å². The van der Waals surface area contributed by atoms with Crippen LogP contribution in [0.1, 0.15) is 51.5 Å². The summed E-state index contributed by atoms with van der Waals surface area (Å²) >= 11 is 3.56. The maximum atomic E-state index is 5.60. The number of methoxy groups -OCH3 is 1. The molecule has 0 saturated carbocycles. The Morgan fingerprint density at radius 2 is 1.86 bits per heavy atom. The molecule has 120 valence electrons. The van der Waals surface area contributed by atoms with Crippen LogP contribution in [0.2, 0.25) is 0 Å². The van der Waals surface area contributed by atoms with E-state index in [1.54, 1.807) is 7.11 Å². The fourth-order valence-corrected chi connectivity index (χ4v) is 2.85. The van der Waals surface area contributed by atoms with Gasteiger partial charge in [0, 0.05) is 6.54 Å². The van der Waals surface area contributed by atoms with E-state index in [0.717, 1.165) is 29.1 Å². The van der Waals surface area contributed by atoms with Crippen molar-refractivity contribution < 1.29 is 9.47 Å². The molecule has 1 aromatic rings. The first-order chi connectivity index (χ1) is 10.2. The first-order valence-corrected chi connectivity index (χ1v) is 8.72. The summed E-state index contributed by atoms with van der Waals surface area (Å²) in [7, 11) is 1.68. The molecule has 0 radical (unpaired) electrons. The van der Waals surface area contributed by atoms with Crippen LogP contribution in [0.15, 0.2) is 16.6 Å². The van der Waals surface area contributed by atoms with Crippen LogP contribution >= 0.6 is 15.9 Å². The standard InChI is InChI=1S/C17H28BrNO2/c1-4-6-7-8-9-10-19-13-14-11-15(18)17(21-5-2)16(12-14)20-3/h11-12,19H,4-10,13H2,1-3H3. The summed E-state index contributed by atoms with van der Waals surface area (Å²) in [6.07, 6.45) is 6.56. The monoisotopic (exact) mass is 357 g/mol. The molecule has 0 fully saturated rings.